The number of rotatable bonds is 3. The van der Waals surface area contributed by atoms with Crippen molar-refractivity contribution in [3.8, 4) is 0 Å². The fourth-order valence-electron chi connectivity index (χ4n) is 3.69. The molecule has 0 radical (unpaired) electrons. The van der Waals surface area contributed by atoms with Crippen LogP contribution in [0, 0.1) is 6.92 Å². The summed E-state index contributed by atoms with van der Waals surface area (Å²) in [6.07, 6.45) is 1.76. The summed E-state index contributed by atoms with van der Waals surface area (Å²) in [7, 11) is -3.65. The van der Waals surface area contributed by atoms with Crippen molar-refractivity contribution in [2.24, 2.45) is 0 Å². The lowest BCUT2D eigenvalue weighted by molar-refractivity contribution is -0.119. The Hall–Kier alpha value is -2.34. The van der Waals surface area contributed by atoms with Gasteiger partial charge in [0.05, 0.1) is 16.5 Å². The van der Waals surface area contributed by atoms with E-state index in [1.807, 2.05) is 24.8 Å². The molecule has 25 heavy (non-hydrogen) atoms. The molecule has 2 aliphatic heterocycles. The van der Waals surface area contributed by atoms with Gasteiger partial charge in [0.25, 0.3) is 10.0 Å². The van der Waals surface area contributed by atoms with E-state index < -0.39 is 10.0 Å². The number of amides is 1. The lowest BCUT2D eigenvalue weighted by Crippen LogP contribution is -2.32. The Bertz CT molecular complexity index is 965. The molecule has 4 rings (SSSR count). The zero-order chi connectivity index (χ0) is 17.8. The van der Waals surface area contributed by atoms with Crippen molar-refractivity contribution in [3.05, 3.63) is 53.1 Å². The van der Waals surface area contributed by atoms with E-state index in [2.05, 4.69) is 4.72 Å². The van der Waals surface area contributed by atoms with Crippen LogP contribution in [0.15, 0.2) is 41.3 Å². The topological polar surface area (TPSA) is 66.5 Å². The monoisotopic (exact) mass is 356 g/mol. The molecule has 0 aliphatic carbocycles. The third kappa shape index (κ3) is 2.61. The first-order chi connectivity index (χ1) is 11.9. The molecular formula is C19H20N2O3S. The lowest BCUT2D eigenvalue weighted by atomic mass is 9.96. The molecule has 2 heterocycles. The number of benzene rings is 2. The van der Waals surface area contributed by atoms with Crippen molar-refractivity contribution in [1.29, 1.82) is 0 Å². The molecule has 1 N–H and O–H groups in total. The van der Waals surface area contributed by atoms with E-state index >= 15 is 0 Å². The minimum Gasteiger partial charge on any atom is -0.311 e. The number of anilines is 2. The molecule has 0 bridgehead atoms. The first-order valence-electron chi connectivity index (χ1n) is 8.44. The number of carbonyl (C=O) groups is 1. The van der Waals surface area contributed by atoms with Crippen LogP contribution in [-0.4, -0.2) is 20.9 Å². The first kappa shape index (κ1) is 16.1. The predicted octanol–water partition coefficient (Wildman–Crippen LogP) is 3.19. The zero-order valence-electron chi connectivity index (χ0n) is 14.2. The van der Waals surface area contributed by atoms with Gasteiger partial charge in [0, 0.05) is 12.2 Å². The van der Waals surface area contributed by atoms with Crippen LogP contribution in [0.1, 0.15) is 36.0 Å². The summed E-state index contributed by atoms with van der Waals surface area (Å²) in [5.41, 5.74) is 4.49. The fraction of sp³-hybridized carbons (Fsp3) is 0.316. The van der Waals surface area contributed by atoms with Crippen LogP contribution in [0.25, 0.3) is 0 Å². The number of aryl methyl sites for hydroxylation is 2. The Morgan fingerprint density at radius 3 is 2.60 bits per heavy atom. The molecule has 130 valence electrons. The number of nitrogens with zero attached hydrogens (tertiary/aromatic N) is 1. The molecule has 0 saturated carbocycles. The van der Waals surface area contributed by atoms with Crippen LogP contribution < -0.4 is 9.62 Å². The van der Waals surface area contributed by atoms with Gasteiger partial charge in [0.2, 0.25) is 5.91 Å². The molecule has 0 fully saturated rings. The second-order valence-electron chi connectivity index (χ2n) is 6.81. The molecule has 2 aromatic rings. The lowest BCUT2D eigenvalue weighted by Gasteiger charge is -2.26. The minimum atomic E-state index is -3.65. The van der Waals surface area contributed by atoms with Gasteiger partial charge < -0.3 is 4.90 Å². The molecule has 6 heteroatoms. The maximum atomic E-state index is 12.6. The maximum Gasteiger partial charge on any atom is 0.261 e. The van der Waals surface area contributed by atoms with Crippen molar-refractivity contribution in [2.45, 2.75) is 37.5 Å². The van der Waals surface area contributed by atoms with Crippen molar-refractivity contribution in [2.75, 3.05) is 16.2 Å². The normalized spacial score (nSPS) is 19.0. The van der Waals surface area contributed by atoms with Gasteiger partial charge in [-0.1, -0.05) is 17.7 Å². The van der Waals surface area contributed by atoms with Gasteiger partial charge in [-0.05, 0) is 62.1 Å². The number of hydrogen-bond acceptors (Lipinski definition) is 3. The molecule has 0 unspecified atom stereocenters. The summed E-state index contributed by atoms with van der Waals surface area (Å²) in [6.45, 7) is 4.55. The first-order valence-corrected chi connectivity index (χ1v) is 9.93. The smallest absolute Gasteiger partial charge is 0.261 e. The van der Waals surface area contributed by atoms with E-state index in [0.29, 0.717) is 5.69 Å². The number of nitrogens with one attached hydrogen (secondary N) is 1. The van der Waals surface area contributed by atoms with Gasteiger partial charge in [-0.25, -0.2) is 8.42 Å². The largest absolute Gasteiger partial charge is 0.311 e. The number of hydrogen-bond donors (Lipinski definition) is 1. The number of carbonyl (C=O) groups excluding carboxylic acids is 1. The summed E-state index contributed by atoms with van der Waals surface area (Å²) >= 11 is 0. The molecule has 5 nitrogen and oxygen atoms in total. The highest BCUT2D eigenvalue weighted by Crippen LogP contribution is 2.44. The second kappa shape index (κ2) is 5.59. The van der Waals surface area contributed by atoms with E-state index in [1.54, 1.807) is 30.3 Å². The van der Waals surface area contributed by atoms with E-state index in [9.17, 15) is 13.2 Å². The Kier molecular flexibility index (Phi) is 3.61. The van der Waals surface area contributed by atoms with Crippen LogP contribution in [0.5, 0.6) is 0 Å². The molecular weight excluding hydrogens is 336 g/mol. The molecule has 2 aliphatic rings. The highest BCUT2D eigenvalue weighted by molar-refractivity contribution is 7.92. The average Bonchev–Trinajstić information content (AvgIpc) is 2.82. The van der Waals surface area contributed by atoms with Crippen molar-refractivity contribution in [1.82, 2.24) is 0 Å². The van der Waals surface area contributed by atoms with Crippen LogP contribution >= 0.6 is 0 Å². The van der Waals surface area contributed by atoms with Crippen LogP contribution in [-0.2, 0) is 21.2 Å². The van der Waals surface area contributed by atoms with Gasteiger partial charge in [0.1, 0.15) is 0 Å². The van der Waals surface area contributed by atoms with E-state index in [4.69, 9.17) is 0 Å². The highest BCUT2D eigenvalue weighted by Gasteiger charge is 2.38. The average molecular weight is 356 g/mol. The molecule has 0 aromatic heterocycles. The van der Waals surface area contributed by atoms with Gasteiger partial charge in [-0.2, -0.15) is 0 Å². The Morgan fingerprint density at radius 1 is 1.16 bits per heavy atom. The molecule has 0 spiro atoms. The maximum absolute atomic E-state index is 12.6. The second-order valence-corrected chi connectivity index (χ2v) is 8.49. The minimum absolute atomic E-state index is 0.106. The summed E-state index contributed by atoms with van der Waals surface area (Å²) in [4.78, 5) is 14.5. The van der Waals surface area contributed by atoms with Gasteiger partial charge in [-0.15, -0.1) is 0 Å². The van der Waals surface area contributed by atoms with Crippen LogP contribution in [0.3, 0.4) is 0 Å². The van der Waals surface area contributed by atoms with Gasteiger partial charge in [0.15, 0.2) is 0 Å². The molecule has 1 amide bonds. The summed E-state index contributed by atoms with van der Waals surface area (Å²) in [5.74, 6) is -0.120. The Labute approximate surface area is 147 Å². The third-order valence-corrected chi connectivity index (χ3v) is 6.40. The Morgan fingerprint density at radius 2 is 1.88 bits per heavy atom. The highest BCUT2D eigenvalue weighted by atomic mass is 32.2. The molecule has 2 aromatic carbocycles. The predicted molar refractivity (Wildman–Crippen MR) is 97.5 cm³/mol. The van der Waals surface area contributed by atoms with E-state index in [0.717, 1.165) is 41.8 Å². The van der Waals surface area contributed by atoms with Crippen molar-refractivity contribution < 1.29 is 13.2 Å². The van der Waals surface area contributed by atoms with Crippen molar-refractivity contribution >= 4 is 27.3 Å². The SMILES string of the molecule is Cc1ccc(S(=O)(=O)Nc2cc3c4c(c2)[C@H](C)C(=O)N4CCC3)cc1. The molecule has 1 atom stereocenters. The summed E-state index contributed by atoms with van der Waals surface area (Å²) in [5, 5.41) is 0. The zero-order valence-corrected chi connectivity index (χ0v) is 15.1. The standard InChI is InChI=1S/C19H20N2O3S/c1-12-5-7-16(8-6-12)25(23,24)20-15-10-14-4-3-9-21-18(14)17(11-15)13(2)19(21)22/h5-8,10-11,13,20H,3-4,9H2,1-2H3/t13-/m0/s1. The summed E-state index contributed by atoms with van der Waals surface area (Å²) in [6, 6.07) is 10.4. The van der Waals surface area contributed by atoms with E-state index in [1.165, 1.54) is 0 Å². The molecule has 0 saturated heterocycles. The van der Waals surface area contributed by atoms with Crippen LogP contribution in [0.2, 0.25) is 0 Å². The Balaban J connectivity index is 1.73. The van der Waals surface area contributed by atoms with Crippen LogP contribution in [0.4, 0.5) is 11.4 Å². The van der Waals surface area contributed by atoms with Gasteiger partial charge in [-0.3, -0.25) is 9.52 Å². The summed E-state index contributed by atoms with van der Waals surface area (Å²) < 4.78 is 28.0. The van der Waals surface area contributed by atoms with Crippen molar-refractivity contribution in [3.63, 3.8) is 0 Å². The quantitative estimate of drug-likeness (QED) is 0.918. The van der Waals surface area contributed by atoms with E-state index in [-0.39, 0.29) is 16.7 Å². The third-order valence-electron chi connectivity index (χ3n) is 5.00. The number of sulfonamides is 1. The van der Waals surface area contributed by atoms with Gasteiger partial charge >= 0.3 is 0 Å². The fourth-order valence-corrected chi connectivity index (χ4v) is 4.73.